The van der Waals surface area contributed by atoms with Gasteiger partial charge in [0, 0.05) is 43.7 Å². The average Bonchev–Trinajstić information content (AvgIpc) is 3.84. The van der Waals surface area contributed by atoms with Gasteiger partial charge in [-0.25, -0.2) is 18.0 Å². The summed E-state index contributed by atoms with van der Waals surface area (Å²) >= 11 is 0. The van der Waals surface area contributed by atoms with Crippen molar-refractivity contribution in [3.05, 3.63) is 54.1 Å². The number of aliphatic hydroxyl groups excluding tert-OH is 1. The van der Waals surface area contributed by atoms with E-state index in [1.165, 1.54) is 21.3 Å². The molecule has 53 heavy (non-hydrogen) atoms. The first-order valence-corrected chi connectivity index (χ1v) is 20.0. The Balaban J connectivity index is 1.41. The third-order valence-corrected chi connectivity index (χ3v) is 12.1. The van der Waals surface area contributed by atoms with Crippen molar-refractivity contribution in [2.24, 2.45) is 11.3 Å². The summed E-state index contributed by atoms with van der Waals surface area (Å²) < 4.78 is 52.8. The topological polar surface area (TPSA) is 167 Å². The molecule has 2 saturated heterocycles. The Hall–Kier alpha value is -3.63. The van der Waals surface area contributed by atoms with E-state index in [0.29, 0.717) is 43.9 Å². The second-order valence-electron chi connectivity index (χ2n) is 15.5. The van der Waals surface area contributed by atoms with E-state index in [1.807, 2.05) is 71.9 Å². The number of carboxylic acid groups (broad SMARTS) is 1. The first-order chi connectivity index (χ1) is 25.1. The van der Waals surface area contributed by atoms with E-state index in [2.05, 4.69) is 5.32 Å². The van der Waals surface area contributed by atoms with E-state index in [0.717, 1.165) is 5.56 Å². The van der Waals surface area contributed by atoms with Crippen molar-refractivity contribution in [3.63, 3.8) is 0 Å². The molecule has 3 heterocycles. The van der Waals surface area contributed by atoms with Crippen molar-refractivity contribution in [2.75, 3.05) is 39.6 Å². The van der Waals surface area contributed by atoms with E-state index in [1.54, 1.807) is 11.0 Å². The predicted octanol–water partition coefficient (Wildman–Crippen LogP) is 4.75. The molecule has 3 aliphatic heterocycles. The van der Waals surface area contributed by atoms with Crippen LogP contribution in [0, 0.1) is 11.3 Å². The van der Waals surface area contributed by atoms with Gasteiger partial charge < -0.3 is 39.4 Å². The van der Waals surface area contributed by atoms with Gasteiger partial charge in [0.2, 0.25) is 16.8 Å². The Labute approximate surface area is 313 Å². The monoisotopic (exact) mass is 760 g/mol. The predicted molar refractivity (Wildman–Crippen MR) is 197 cm³/mol. The second-order valence-corrected chi connectivity index (χ2v) is 17.5. The lowest BCUT2D eigenvalue weighted by Gasteiger charge is -2.40. The highest BCUT2D eigenvalue weighted by atomic mass is 32.2. The molecular formula is C38H56N4O10S. The summed E-state index contributed by atoms with van der Waals surface area (Å²) in [5.74, 6) is 0.518. The van der Waals surface area contributed by atoms with Crippen molar-refractivity contribution >= 4 is 22.1 Å². The summed E-state index contributed by atoms with van der Waals surface area (Å²) in [5, 5.41) is 25.8. The van der Waals surface area contributed by atoms with Crippen LogP contribution in [-0.2, 0) is 25.9 Å². The molecule has 0 saturated carbocycles. The Morgan fingerprint density at radius 1 is 1.00 bits per heavy atom. The highest BCUT2D eigenvalue weighted by Crippen LogP contribution is 2.38. The number of ether oxygens (including phenoxy) is 4. The summed E-state index contributed by atoms with van der Waals surface area (Å²) in [4.78, 5) is 29.0. The summed E-state index contributed by atoms with van der Waals surface area (Å²) in [6.45, 7) is 12.3. The molecule has 3 N–H and O–H groups in total. The molecule has 14 nitrogen and oxygen atoms in total. The van der Waals surface area contributed by atoms with Crippen LogP contribution < -0.4 is 14.8 Å². The lowest BCUT2D eigenvalue weighted by Crippen LogP contribution is -2.58. The first kappa shape index (κ1) is 40.6. The molecule has 0 spiro atoms. The maximum absolute atomic E-state index is 14.5. The molecule has 15 heteroatoms. The number of fused-ring (bicyclic) bond motifs is 2. The quantitative estimate of drug-likeness (QED) is 0.192. The van der Waals surface area contributed by atoms with E-state index in [4.69, 9.17) is 18.9 Å². The molecule has 2 fully saturated rings. The van der Waals surface area contributed by atoms with Gasteiger partial charge in [-0.05, 0) is 76.5 Å². The van der Waals surface area contributed by atoms with E-state index in [-0.39, 0.29) is 61.8 Å². The molecule has 0 aliphatic carbocycles. The minimum absolute atomic E-state index is 0.00903. The summed E-state index contributed by atoms with van der Waals surface area (Å²) in [6, 6.07) is 12.0. The van der Waals surface area contributed by atoms with Crippen LogP contribution in [0.4, 0.5) is 9.59 Å². The first-order valence-electron chi connectivity index (χ1n) is 18.5. The molecule has 3 aliphatic rings. The summed E-state index contributed by atoms with van der Waals surface area (Å²) in [5.41, 5.74) is 0.181. The lowest BCUT2D eigenvalue weighted by molar-refractivity contribution is -0.0906. The molecule has 2 aromatic rings. The highest BCUT2D eigenvalue weighted by molar-refractivity contribution is 7.89. The maximum Gasteiger partial charge on any atom is 0.407 e. The second kappa shape index (κ2) is 17.2. The Kier molecular flexibility index (Phi) is 13.2. The number of urea groups is 1. The number of nitrogens with zero attached hydrogens (tertiary/aromatic N) is 3. The van der Waals surface area contributed by atoms with Crippen molar-refractivity contribution in [1.82, 2.24) is 19.4 Å². The molecule has 3 amide bonds. The van der Waals surface area contributed by atoms with E-state index in [9.17, 15) is 28.2 Å². The van der Waals surface area contributed by atoms with E-state index >= 15 is 0 Å². The number of benzene rings is 2. The normalized spacial score (nSPS) is 20.8. The molecule has 0 unspecified atom stereocenters. The van der Waals surface area contributed by atoms with Crippen LogP contribution in [-0.4, -0.2) is 121 Å². The third kappa shape index (κ3) is 9.73. The molecule has 2 aromatic carbocycles. The van der Waals surface area contributed by atoms with Crippen LogP contribution >= 0.6 is 0 Å². The maximum atomic E-state index is 14.5. The number of amides is 3. The number of nitrogens with one attached hydrogen (secondary N) is 1. The fraction of sp³-hybridized carbons (Fsp3) is 0.632. The van der Waals surface area contributed by atoms with Crippen LogP contribution in [0.3, 0.4) is 0 Å². The van der Waals surface area contributed by atoms with Gasteiger partial charge in [-0.3, -0.25) is 4.90 Å². The minimum Gasteiger partial charge on any atom is -0.465 e. The molecule has 0 bridgehead atoms. The Morgan fingerprint density at radius 3 is 2.38 bits per heavy atom. The number of carbonyl (C=O) groups excluding carboxylic acids is 1. The molecule has 294 valence electrons. The van der Waals surface area contributed by atoms with Crippen molar-refractivity contribution in [2.45, 2.75) is 109 Å². The Morgan fingerprint density at radius 2 is 1.70 bits per heavy atom. The lowest BCUT2D eigenvalue weighted by atomic mass is 9.87. The van der Waals surface area contributed by atoms with Crippen molar-refractivity contribution in [3.8, 4) is 11.5 Å². The zero-order valence-corrected chi connectivity index (χ0v) is 32.5. The van der Waals surface area contributed by atoms with Crippen LogP contribution in [0.5, 0.6) is 11.5 Å². The number of sulfonamides is 1. The van der Waals surface area contributed by atoms with Crippen molar-refractivity contribution < 1.29 is 47.2 Å². The fourth-order valence-corrected chi connectivity index (χ4v) is 9.44. The smallest absolute Gasteiger partial charge is 0.407 e. The minimum atomic E-state index is -4.26. The summed E-state index contributed by atoms with van der Waals surface area (Å²) in [7, 11) is -4.26. The zero-order valence-electron chi connectivity index (χ0n) is 31.6. The largest absolute Gasteiger partial charge is 0.465 e. The van der Waals surface area contributed by atoms with Gasteiger partial charge in [0.25, 0.3) is 0 Å². The van der Waals surface area contributed by atoms with Gasteiger partial charge in [0.15, 0.2) is 17.8 Å². The standard InChI is InChI=1S/C38H56N4O10S/c1-25(2)41(26(3)4)36(44)39-17-10-16-38(5,6)23-40(53(47,48)28-13-14-33-34(20-28)52-24-51-33)21-32(43)30(19-27-11-8-7-9-12-27)42(37(45)46)31-22-50-35-29(31)15-18-49-35/h7-9,11-14,20,25-26,29-32,35,43H,10,15-19,21-24H2,1-6H3,(H,39,44)(H,45,46)/t29-,30-,31-,32+,35+/m0/s1. The molecular weight excluding hydrogens is 705 g/mol. The Bertz CT molecular complexity index is 1650. The van der Waals surface area contributed by atoms with Gasteiger partial charge in [0.1, 0.15) is 0 Å². The highest BCUT2D eigenvalue weighted by Gasteiger charge is 2.49. The number of hydrogen-bond acceptors (Lipinski definition) is 9. The van der Waals surface area contributed by atoms with Crippen LogP contribution in [0.15, 0.2) is 53.4 Å². The summed E-state index contributed by atoms with van der Waals surface area (Å²) in [6.07, 6.45) is -1.29. The molecule has 0 aromatic heterocycles. The SMILES string of the molecule is CC(C)N(C(=O)NCCCC(C)(C)CN(C[C@@H](O)[C@H](Cc1ccccc1)N(C(=O)O)[C@H]1CO[C@H]2OCC[C@H]21)S(=O)(=O)c1ccc2c(c1)OCO2)C(C)C. The molecule has 5 rings (SSSR count). The van der Waals surface area contributed by atoms with Gasteiger partial charge >= 0.3 is 12.1 Å². The van der Waals surface area contributed by atoms with Gasteiger partial charge in [-0.1, -0.05) is 44.2 Å². The molecule has 0 radical (unpaired) electrons. The van der Waals surface area contributed by atoms with Gasteiger partial charge in [0.05, 0.1) is 36.3 Å². The third-order valence-electron chi connectivity index (χ3n) is 10.3. The van der Waals surface area contributed by atoms with Crippen LogP contribution in [0.2, 0.25) is 0 Å². The number of hydrogen-bond donors (Lipinski definition) is 3. The van der Waals surface area contributed by atoms with Gasteiger partial charge in [-0.2, -0.15) is 4.31 Å². The zero-order chi connectivity index (χ0) is 38.5. The van der Waals surface area contributed by atoms with E-state index < -0.39 is 46.0 Å². The van der Waals surface area contributed by atoms with Gasteiger partial charge in [-0.15, -0.1) is 0 Å². The van der Waals surface area contributed by atoms with Crippen LogP contribution in [0.1, 0.15) is 66.4 Å². The number of rotatable bonds is 17. The fourth-order valence-electron chi connectivity index (χ4n) is 7.77. The molecule has 5 atom stereocenters. The van der Waals surface area contributed by atoms with Crippen molar-refractivity contribution in [1.29, 1.82) is 0 Å². The van der Waals surface area contributed by atoms with Crippen LogP contribution in [0.25, 0.3) is 0 Å². The average molecular weight is 761 g/mol. The number of carbonyl (C=O) groups is 2. The number of aliphatic hydroxyl groups is 1.